The van der Waals surface area contributed by atoms with Crippen LogP contribution in [0.2, 0.25) is 0 Å². The number of hydrogen-bond acceptors (Lipinski definition) is 13. The third-order valence-corrected chi connectivity index (χ3v) is 15.1. The van der Waals surface area contributed by atoms with Gasteiger partial charge in [-0.3, -0.25) is 14.5 Å². The maximum atomic E-state index is 14.5. The fourth-order valence-electron chi connectivity index (χ4n) is 8.66. The van der Waals surface area contributed by atoms with Crippen molar-refractivity contribution in [1.29, 1.82) is 0 Å². The van der Waals surface area contributed by atoms with Gasteiger partial charge in [0.1, 0.15) is 40.7 Å². The molecule has 1 saturated carbocycles. The number of esters is 1. The van der Waals surface area contributed by atoms with Crippen molar-refractivity contribution < 1.29 is 49.7 Å². The largest absolute Gasteiger partial charge is 0.534 e. The summed E-state index contributed by atoms with van der Waals surface area (Å²) in [6.45, 7) is 0. The number of hydrogen-bond donors (Lipinski definition) is 2. The zero-order valence-corrected chi connectivity index (χ0v) is 39.9. The van der Waals surface area contributed by atoms with Gasteiger partial charge in [-0.05, 0) is 65.1 Å². The molecule has 71 heavy (non-hydrogen) atoms. The topological polar surface area (TPSA) is 166 Å². The van der Waals surface area contributed by atoms with Crippen LogP contribution in [0, 0.1) is 0 Å². The molecule has 364 valence electrons. The summed E-state index contributed by atoms with van der Waals surface area (Å²) in [6.07, 6.45) is 3.22. The number of anilines is 1. The number of ether oxygens (including phenoxy) is 1. The van der Waals surface area contributed by atoms with Gasteiger partial charge in [-0.15, -0.1) is 23.1 Å². The molecular formula is C52H44F3N5O8S3. The Balaban J connectivity index is 1.02. The Hall–Kier alpha value is -7.22. The molecule has 0 bridgehead atoms. The number of thiazole rings is 1. The van der Waals surface area contributed by atoms with Crippen molar-refractivity contribution in [3.8, 4) is 0 Å². The SMILES string of the molecule is O=C(NC1C(=O)N2C(C(=O)OC(c3ccccc3)c3ccccc3)=C(C=COS(=O)(=O)C(F)(F)F)CS[C@@H]12)C(=NOC1CCCC1)c1csc(NC(c2ccccc2)(c2ccccc2)c2ccccc2)n1. The van der Waals surface area contributed by atoms with E-state index in [0.717, 1.165) is 65.1 Å². The number of amides is 2. The van der Waals surface area contributed by atoms with Gasteiger partial charge in [0, 0.05) is 11.1 Å². The van der Waals surface area contributed by atoms with Crippen LogP contribution in [0.4, 0.5) is 18.3 Å². The number of thioether (sulfide) groups is 1. The van der Waals surface area contributed by atoms with E-state index >= 15 is 0 Å². The normalized spacial score (nSPS) is 17.7. The maximum absolute atomic E-state index is 14.5. The molecule has 1 unspecified atom stereocenters. The van der Waals surface area contributed by atoms with Crippen molar-refractivity contribution in [1.82, 2.24) is 15.2 Å². The number of halogens is 3. The molecular weight excluding hydrogens is 976 g/mol. The summed E-state index contributed by atoms with van der Waals surface area (Å²) in [4.78, 5) is 55.2. The lowest BCUT2D eigenvalue weighted by atomic mass is 9.77. The third-order valence-electron chi connectivity index (χ3n) is 12.1. The average Bonchev–Trinajstić information content (AvgIpc) is 4.10. The monoisotopic (exact) mass is 1020 g/mol. The fourth-order valence-corrected chi connectivity index (χ4v) is 11.0. The van der Waals surface area contributed by atoms with Crippen LogP contribution in [0.5, 0.6) is 0 Å². The van der Waals surface area contributed by atoms with Gasteiger partial charge in [0.2, 0.25) is 0 Å². The number of nitrogens with one attached hydrogen (secondary N) is 2. The number of oxime groups is 1. The second-order valence-corrected chi connectivity index (χ2v) is 20.1. The molecule has 1 aromatic heterocycles. The zero-order chi connectivity index (χ0) is 49.6. The van der Waals surface area contributed by atoms with Gasteiger partial charge in [-0.25, -0.2) is 9.78 Å². The predicted molar refractivity (Wildman–Crippen MR) is 263 cm³/mol. The van der Waals surface area contributed by atoms with Crippen LogP contribution in [-0.4, -0.2) is 70.6 Å². The molecule has 1 saturated heterocycles. The number of carbonyl (C=O) groups is 3. The van der Waals surface area contributed by atoms with E-state index in [1.807, 2.05) is 91.0 Å². The van der Waals surface area contributed by atoms with Crippen LogP contribution in [0.1, 0.15) is 65.3 Å². The lowest BCUT2D eigenvalue weighted by Gasteiger charge is -2.49. The molecule has 13 nitrogen and oxygen atoms in total. The minimum Gasteiger partial charge on any atom is -0.448 e. The van der Waals surface area contributed by atoms with Gasteiger partial charge < -0.3 is 24.4 Å². The maximum Gasteiger partial charge on any atom is 0.534 e. The smallest absolute Gasteiger partial charge is 0.448 e. The summed E-state index contributed by atoms with van der Waals surface area (Å²) in [7, 11) is -6.05. The van der Waals surface area contributed by atoms with Crippen molar-refractivity contribution in [2.45, 2.75) is 60.4 Å². The molecule has 2 N–H and O–H groups in total. The number of fused-ring (bicyclic) bond motifs is 1. The van der Waals surface area contributed by atoms with E-state index in [2.05, 4.69) is 20.0 Å². The number of β-lactam (4-membered cyclic amide) rings is 1. The second-order valence-electron chi connectivity index (χ2n) is 16.6. The van der Waals surface area contributed by atoms with Gasteiger partial charge in [0.15, 0.2) is 16.9 Å². The first-order valence-corrected chi connectivity index (χ1v) is 25.8. The molecule has 2 fully saturated rings. The molecule has 2 aliphatic heterocycles. The fraction of sp³-hybridized carbons (Fsp3) is 0.212. The number of rotatable bonds is 17. The van der Waals surface area contributed by atoms with Crippen molar-refractivity contribution in [2.24, 2.45) is 5.16 Å². The molecule has 19 heteroatoms. The second kappa shape index (κ2) is 21.0. The first-order valence-electron chi connectivity index (χ1n) is 22.4. The van der Waals surface area contributed by atoms with E-state index in [0.29, 0.717) is 16.3 Å². The summed E-state index contributed by atoms with van der Waals surface area (Å²) < 4.78 is 73.3. The standard InChI is InChI=1S/C52H44F3N5O8S3/c53-52(54,55)71(64,65)66-31-30-36-32-69-48-43(47(62)60(48)44(36)49(63)67-45(34-18-6-1-7-19-34)35-20-8-2-9-21-35)57-46(61)42(59-68-40-28-16-17-29-40)41-33-70-50(56-41)58-51(37-22-10-3-11-23-37,38-24-12-4-13-25-38)39-26-14-5-15-27-39/h1-15,18-27,30-31,33,40,43,45,48H,16-17,28-29,32H2,(H,56,58)(H,57,61)/t43?,48-/m0/s1. The summed E-state index contributed by atoms with van der Waals surface area (Å²) >= 11 is 2.31. The van der Waals surface area contributed by atoms with Gasteiger partial charge in [-0.2, -0.15) is 21.6 Å². The van der Waals surface area contributed by atoms with E-state index in [-0.39, 0.29) is 40.8 Å². The minimum absolute atomic E-state index is 0.0704. The Kier molecular flexibility index (Phi) is 14.4. The summed E-state index contributed by atoms with van der Waals surface area (Å²) in [6, 6.07) is 45.9. The van der Waals surface area contributed by atoms with Crippen molar-refractivity contribution in [3.63, 3.8) is 0 Å². The van der Waals surface area contributed by atoms with E-state index in [9.17, 15) is 36.0 Å². The predicted octanol–water partition coefficient (Wildman–Crippen LogP) is 9.58. The van der Waals surface area contributed by atoms with Crippen LogP contribution < -0.4 is 10.6 Å². The van der Waals surface area contributed by atoms with Crippen molar-refractivity contribution in [2.75, 3.05) is 11.1 Å². The van der Waals surface area contributed by atoms with E-state index in [1.165, 1.54) is 11.3 Å². The summed E-state index contributed by atoms with van der Waals surface area (Å²) in [5.74, 6) is -2.74. The van der Waals surface area contributed by atoms with Crippen LogP contribution in [0.25, 0.3) is 0 Å². The number of benzene rings is 5. The Morgan fingerprint density at radius 2 is 1.31 bits per heavy atom. The third kappa shape index (κ3) is 10.3. The summed E-state index contributed by atoms with van der Waals surface area (Å²) in [5, 5.41) is 12.0. The Morgan fingerprint density at radius 3 is 1.83 bits per heavy atom. The average molecular weight is 1020 g/mol. The summed E-state index contributed by atoms with van der Waals surface area (Å²) in [5.41, 5.74) is -3.24. The quantitative estimate of drug-likeness (QED) is 0.0131. The lowest BCUT2D eigenvalue weighted by Crippen LogP contribution is -2.71. The van der Waals surface area contributed by atoms with Gasteiger partial charge in [0.25, 0.3) is 11.8 Å². The number of carbonyl (C=O) groups excluding carboxylic acids is 3. The lowest BCUT2D eigenvalue weighted by molar-refractivity contribution is -0.154. The zero-order valence-electron chi connectivity index (χ0n) is 37.5. The molecule has 0 radical (unpaired) electrons. The number of aromatic nitrogens is 1. The molecule has 3 aliphatic rings. The Morgan fingerprint density at radius 1 is 0.789 bits per heavy atom. The highest BCUT2D eigenvalue weighted by Gasteiger charge is 2.55. The molecule has 6 aromatic rings. The van der Waals surface area contributed by atoms with Crippen molar-refractivity contribution in [3.05, 3.63) is 214 Å². The molecule has 2 amide bonds. The highest BCUT2D eigenvalue weighted by Crippen LogP contribution is 2.43. The van der Waals surface area contributed by atoms with E-state index in [4.69, 9.17) is 14.6 Å². The van der Waals surface area contributed by atoms with Crippen LogP contribution in [0.3, 0.4) is 0 Å². The molecule has 0 spiro atoms. The van der Waals surface area contributed by atoms with Crippen LogP contribution in [0.15, 0.2) is 186 Å². The van der Waals surface area contributed by atoms with Gasteiger partial charge >= 0.3 is 21.6 Å². The van der Waals surface area contributed by atoms with E-state index < -0.39 is 56.5 Å². The highest BCUT2D eigenvalue weighted by molar-refractivity contribution is 8.00. The van der Waals surface area contributed by atoms with Crippen LogP contribution >= 0.6 is 23.1 Å². The Labute approximate surface area is 415 Å². The molecule has 9 rings (SSSR count). The molecule has 3 heterocycles. The Bertz CT molecular complexity index is 2930. The number of alkyl halides is 3. The first-order chi connectivity index (χ1) is 34.3. The van der Waals surface area contributed by atoms with Crippen LogP contribution in [-0.2, 0) is 43.8 Å². The molecule has 5 aromatic carbocycles. The molecule has 2 atom stereocenters. The first kappa shape index (κ1) is 48.8. The molecule has 1 aliphatic carbocycles. The van der Waals surface area contributed by atoms with Crippen molar-refractivity contribution >= 4 is 61.8 Å². The highest BCUT2D eigenvalue weighted by atomic mass is 32.2. The number of nitrogens with zero attached hydrogens (tertiary/aromatic N) is 3. The van der Waals surface area contributed by atoms with Gasteiger partial charge in [-0.1, -0.05) is 157 Å². The van der Waals surface area contributed by atoms with E-state index in [1.54, 1.807) is 66.0 Å². The number of allylic oxidation sites excluding steroid dienone is 1. The van der Waals surface area contributed by atoms with Gasteiger partial charge in [0.05, 0.1) is 0 Å². The minimum atomic E-state index is -6.05.